The van der Waals surface area contributed by atoms with Crippen molar-refractivity contribution in [3.8, 4) is 0 Å². The maximum atomic E-state index is 12.5. The van der Waals surface area contributed by atoms with Gasteiger partial charge in [-0.25, -0.2) is 4.79 Å². The van der Waals surface area contributed by atoms with E-state index in [0.29, 0.717) is 5.02 Å². The number of hydrogen-bond acceptors (Lipinski definition) is 3. The Morgan fingerprint density at radius 3 is 2.68 bits per heavy atom. The van der Waals surface area contributed by atoms with Gasteiger partial charge < -0.3 is 10.1 Å². The molecule has 2 atom stereocenters. The van der Waals surface area contributed by atoms with Gasteiger partial charge in [0.05, 0.1) is 16.6 Å². The van der Waals surface area contributed by atoms with Crippen LogP contribution < -0.4 is 5.32 Å². The van der Waals surface area contributed by atoms with E-state index in [0.717, 1.165) is 24.8 Å². The number of benzene rings is 2. The van der Waals surface area contributed by atoms with Crippen molar-refractivity contribution in [2.75, 3.05) is 0 Å². The molecular weight excluding hydrogens is 338 g/mol. The molecule has 1 aliphatic rings. The molecule has 1 amide bonds. The Labute approximate surface area is 152 Å². The molecular formula is C20H20ClNO3. The zero-order chi connectivity index (χ0) is 17.8. The summed E-state index contributed by atoms with van der Waals surface area (Å²) in [6, 6.07) is 14.7. The number of rotatable bonds is 4. The quantitative estimate of drug-likeness (QED) is 0.839. The minimum Gasteiger partial charge on any atom is -0.449 e. The highest BCUT2D eigenvalue weighted by Crippen LogP contribution is 2.29. The van der Waals surface area contributed by atoms with E-state index >= 15 is 0 Å². The molecule has 0 aliphatic heterocycles. The van der Waals surface area contributed by atoms with E-state index < -0.39 is 12.1 Å². The molecule has 0 saturated carbocycles. The first kappa shape index (κ1) is 17.5. The van der Waals surface area contributed by atoms with E-state index in [1.165, 1.54) is 5.56 Å². The molecule has 0 heterocycles. The molecule has 5 heteroatoms. The van der Waals surface area contributed by atoms with Crippen molar-refractivity contribution in [1.29, 1.82) is 0 Å². The maximum Gasteiger partial charge on any atom is 0.340 e. The normalized spacial score (nSPS) is 17.3. The Hall–Kier alpha value is -2.33. The molecule has 0 fully saturated rings. The Morgan fingerprint density at radius 2 is 1.88 bits per heavy atom. The summed E-state index contributed by atoms with van der Waals surface area (Å²) in [6.45, 7) is 1.57. The molecule has 1 aliphatic carbocycles. The van der Waals surface area contributed by atoms with Gasteiger partial charge in [0.25, 0.3) is 5.91 Å². The van der Waals surface area contributed by atoms with Gasteiger partial charge in [0.1, 0.15) is 0 Å². The van der Waals surface area contributed by atoms with Crippen LogP contribution in [0, 0.1) is 0 Å². The number of ether oxygens (including phenoxy) is 1. The van der Waals surface area contributed by atoms with Gasteiger partial charge in [-0.05, 0) is 49.4 Å². The van der Waals surface area contributed by atoms with Crippen molar-refractivity contribution in [1.82, 2.24) is 5.32 Å². The van der Waals surface area contributed by atoms with Crippen LogP contribution >= 0.6 is 11.6 Å². The lowest BCUT2D eigenvalue weighted by Crippen LogP contribution is -2.39. The van der Waals surface area contributed by atoms with Crippen molar-refractivity contribution < 1.29 is 14.3 Å². The summed E-state index contributed by atoms with van der Waals surface area (Å²) < 4.78 is 5.27. The molecule has 2 aromatic rings. The van der Waals surface area contributed by atoms with Crippen molar-refractivity contribution in [3.63, 3.8) is 0 Å². The highest BCUT2D eigenvalue weighted by Gasteiger charge is 2.26. The van der Waals surface area contributed by atoms with Crippen molar-refractivity contribution in [2.24, 2.45) is 0 Å². The number of esters is 1. The summed E-state index contributed by atoms with van der Waals surface area (Å²) in [5.74, 6) is -0.903. The summed E-state index contributed by atoms with van der Waals surface area (Å²) in [7, 11) is 0. The summed E-state index contributed by atoms with van der Waals surface area (Å²) in [5.41, 5.74) is 2.67. The first-order chi connectivity index (χ1) is 12.1. The number of hydrogen-bond donors (Lipinski definition) is 1. The van der Waals surface area contributed by atoms with Gasteiger partial charge in [0, 0.05) is 0 Å². The molecule has 4 nitrogen and oxygen atoms in total. The standard InChI is InChI=1S/C20H20ClNO3/c1-13(25-20(24)16-10-4-5-11-17(16)21)19(23)22-18-12-6-8-14-7-2-3-9-15(14)18/h2-5,7,9-11,13,18H,6,8,12H2,1H3,(H,22,23)/t13-,18+/m0/s1. The lowest BCUT2D eigenvalue weighted by atomic mass is 9.87. The van der Waals surface area contributed by atoms with E-state index in [4.69, 9.17) is 16.3 Å². The van der Waals surface area contributed by atoms with Gasteiger partial charge in [0.2, 0.25) is 0 Å². The van der Waals surface area contributed by atoms with Crippen LogP contribution in [0.1, 0.15) is 47.3 Å². The van der Waals surface area contributed by atoms with Crippen LogP contribution in [-0.4, -0.2) is 18.0 Å². The predicted molar refractivity (Wildman–Crippen MR) is 96.6 cm³/mol. The molecule has 0 radical (unpaired) electrons. The molecule has 0 bridgehead atoms. The van der Waals surface area contributed by atoms with Gasteiger partial charge in [-0.15, -0.1) is 0 Å². The second kappa shape index (κ2) is 7.70. The Bertz CT molecular complexity index is 790. The lowest BCUT2D eigenvalue weighted by Gasteiger charge is -2.27. The zero-order valence-corrected chi connectivity index (χ0v) is 14.8. The molecule has 25 heavy (non-hydrogen) atoms. The van der Waals surface area contributed by atoms with Crippen molar-refractivity contribution in [2.45, 2.75) is 38.3 Å². The molecule has 0 unspecified atom stereocenters. The summed E-state index contributed by atoms with van der Waals surface area (Å²) >= 11 is 5.99. The van der Waals surface area contributed by atoms with Gasteiger partial charge in [0.15, 0.2) is 6.10 Å². The van der Waals surface area contributed by atoms with E-state index in [1.54, 1.807) is 31.2 Å². The first-order valence-corrected chi connectivity index (χ1v) is 8.77. The van der Waals surface area contributed by atoms with Crippen molar-refractivity contribution >= 4 is 23.5 Å². The van der Waals surface area contributed by atoms with Crippen LogP contribution in [0.4, 0.5) is 0 Å². The van der Waals surface area contributed by atoms with Crippen LogP contribution in [0.2, 0.25) is 5.02 Å². The van der Waals surface area contributed by atoms with E-state index in [-0.39, 0.29) is 17.5 Å². The molecule has 130 valence electrons. The second-order valence-electron chi connectivity index (χ2n) is 6.18. The smallest absolute Gasteiger partial charge is 0.340 e. The van der Waals surface area contributed by atoms with Gasteiger partial charge in [-0.1, -0.05) is 48.0 Å². The Morgan fingerprint density at radius 1 is 1.16 bits per heavy atom. The van der Waals surface area contributed by atoms with Gasteiger partial charge >= 0.3 is 5.97 Å². The van der Waals surface area contributed by atoms with Crippen LogP contribution in [0.5, 0.6) is 0 Å². The van der Waals surface area contributed by atoms with E-state index in [9.17, 15) is 9.59 Å². The fourth-order valence-electron chi connectivity index (χ4n) is 3.10. The number of fused-ring (bicyclic) bond motifs is 1. The highest BCUT2D eigenvalue weighted by molar-refractivity contribution is 6.33. The number of nitrogens with one attached hydrogen (secondary N) is 1. The zero-order valence-electron chi connectivity index (χ0n) is 14.0. The first-order valence-electron chi connectivity index (χ1n) is 8.40. The van der Waals surface area contributed by atoms with Crippen molar-refractivity contribution in [3.05, 3.63) is 70.2 Å². The second-order valence-corrected chi connectivity index (χ2v) is 6.59. The minimum absolute atomic E-state index is 0.0427. The van der Waals surface area contributed by atoms with Crippen LogP contribution in [-0.2, 0) is 16.0 Å². The summed E-state index contributed by atoms with van der Waals surface area (Å²) in [6.07, 6.45) is 2.04. The summed E-state index contributed by atoms with van der Waals surface area (Å²) in [5, 5.41) is 3.30. The average Bonchev–Trinajstić information content (AvgIpc) is 2.62. The fraction of sp³-hybridized carbons (Fsp3) is 0.300. The summed E-state index contributed by atoms with van der Waals surface area (Å²) in [4.78, 5) is 24.6. The largest absolute Gasteiger partial charge is 0.449 e. The SMILES string of the molecule is C[C@H](OC(=O)c1ccccc1Cl)C(=O)N[C@@H]1CCCc2ccccc21. The third-order valence-electron chi connectivity index (χ3n) is 4.43. The molecule has 1 N–H and O–H groups in total. The minimum atomic E-state index is -0.891. The number of carbonyl (C=O) groups excluding carboxylic acids is 2. The average molecular weight is 358 g/mol. The third kappa shape index (κ3) is 4.02. The fourth-order valence-corrected chi connectivity index (χ4v) is 3.31. The van der Waals surface area contributed by atoms with Gasteiger partial charge in [-0.2, -0.15) is 0 Å². The third-order valence-corrected chi connectivity index (χ3v) is 4.76. The maximum absolute atomic E-state index is 12.5. The molecule has 0 saturated heterocycles. The van der Waals surface area contributed by atoms with E-state index in [2.05, 4.69) is 11.4 Å². The topological polar surface area (TPSA) is 55.4 Å². The number of carbonyl (C=O) groups is 2. The molecule has 2 aromatic carbocycles. The van der Waals surface area contributed by atoms with E-state index in [1.807, 2.05) is 18.2 Å². The monoisotopic (exact) mass is 357 g/mol. The number of aryl methyl sites for hydroxylation is 1. The Balaban J connectivity index is 1.64. The number of amides is 1. The molecule has 0 spiro atoms. The van der Waals surface area contributed by atoms with Crippen LogP contribution in [0.3, 0.4) is 0 Å². The highest BCUT2D eigenvalue weighted by atomic mass is 35.5. The number of halogens is 1. The van der Waals surface area contributed by atoms with Crippen LogP contribution in [0.15, 0.2) is 48.5 Å². The predicted octanol–water partition coefficient (Wildman–Crippen LogP) is 4.08. The molecule has 0 aromatic heterocycles. The Kier molecular flexibility index (Phi) is 5.39. The van der Waals surface area contributed by atoms with Crippen LogP contribution in [0.25, 0.3) is 0 Å². The lowest BCUT2D eigenvalue weighted by molar-refractivity contribution is -0.130. The van der Waals surface area contributed by atoms with Gasteiger partial charge in [-0.3, -0.25) is 4.79 Å². The molecule has 3 rings (SSSR count).